The van der Waals surface area contributed by atoms with Crippen molar-refractivity contribution in [2.75, 3.05) is 13.2 Å². The molecule has 118 valence electrons. The van der Waals surface area contributed by atoms with Crippen molar-refractivity contribution in [1.82, 2.24) is 5.32 Å². The fraction of sp³-hybridized carbons (Fsp3) is 0.579. The average molecular weight is 289 g/mol. The van der Waals surface area contributed by atoms with Crippen molar-refractivity contribution in [3.8, 4) is 0 Å². The maximum absolute atomic E-state index is 5.65. The molecule has 1 rings (SSSR count). The lowest BCUT2D eigenvalue weighted by atomic mass is 9.98. The molecule has 2 nitrogen and oxygen atoms in total. The highest BCUT2D eigenvalue weighted by Crippen LogP contribution is 2.16. The standard InChI is InChI=1S/C19H31NO/c1-6-7-8-13-21-15-17-9-11-18(12-10-17)16(2)14-20-19(3,4)5/h6,9-12,16,20H,1,7-8,13-15H2,2-5H3. The number of rotatable bonds is 9. The summed E-state index contributed by atoms with van der Waals surface area (Å²) in [4.78, 5) is 0. The molecule has 0 heterocycles. The van der Waals surface area contributed by atoms with Gasteiger partial charge in [0, 0.05) is 18.7 Å². The number of benzene rings is 1. The van der Waals surface area contributed by atoms with Crippen LogP contribution in [0.25, 0.3) is 0 Å². The van der Waals surface area contributed by atoms with Gasteiger partial charge in [-0.1, -0.05) is 37.3 Å². The van der Waals surface area contributed by atoms with Gasteiger partial charge in [-0.2, -0.15) is 0 Å². The molecule has 0 amide bonds. The molecule has 0 bridgehead atoms. The van der Waals surface area contributed by atoms with Gasteiger partial charge in [0.2, 0.25) is 0 Å². The summed E-state index contributed by atoms with van der Waals surface area (Å²) in [7, 11) is 0. The first-order chi connectivity index (χ1) is 9.92. The average Bonchev–Trinajstić information content (AvgIpc) is 2.44. The summed E-state index contributed by atoms with van der Waals surface area (Å²) in [6.07, 6.45) is 4.01. The smallest absolute Gasteiger partial charge is 0.0716 e. The zero-order valence-electron chi connectivity index (χ0n) is 14.1. The van der Waals surface area contributed by atoms with Gasteiger partial charge >= 0.3 is 0 Å². The van der Waals surface area contributed by atoms with E-state index in [0.29, 0.717) is 12.5 Å². The Bertz CT molecular complexity index is 403. The van der Waals surface area contributed by atoms with Crippen LogP contribution >= 0.6 is 0 Å². The molecule has 0 aliphatic rings. The Kier molecular flexibility index (Phi) is 7.69. The van der Waals surface area contributed by atoms with E-state index in [-0.39, 0.29) is 5.54 Å². The topological polar surface area (TPSA) is 21.3 Å². The summed E-state index contributed by atoms with van der Waals surface area (Å²) in [5, 5.41) is 3.56. The Labute approximate surface area is 130 Å². The molecule has 1 unspecified atom stereocenters. The lowest BCUT2D eigenvalue weighted by Crippen LogP contribution is -2.38. The Morgan fingerprint density at radius 2 is 1.90 bits per heavy atom. The van der Waals surface area contributed by atoms with Gasteiger partial charge in [-0.15, -0.1) is 6.58 Å². The minimum Gasteiger partial charge on any atom is -0.377 e. The van der Waals surface area contributed by atoms with Gasteiger partial charge in [-0.05, 0) is 50.7 Å². The zero-order chi connectivity index (χ0) is 15.7. The van der Waals surface area contributed by atoms with Crippen molar-refractivity contribution in [3.63, 3.8) is 0 Å². The Hall–Kier alpha value is -1.12. The van der Waals surface area contributed by atoms with E-state index in [1.165, 1.54) is 11.1 Å². The van der Waals surface area contributed by atoms with E-state index >= 15 is 0 Å². The molecule has 1 aromatic carbocycles. The largest absolute Gasteiger partial charge is 0.377 e. The second-order valence-electron chi connectivity index (χ2n) is 6.76. The molecule has 0 fully saturated rings. The number of hydrogen-bond acceptors (Lipinski definition) is 2. The van der Waals surface area contributed by atoms with Crippen LogP contribution in [0.1, 0.15) is 57.6 Å². The number of nitrogens with one attached hydrogen (secondary N) is 1. The second kappa shape index (κ2) is 9.01. The van der Waals surface area contributed by atoms with Crippen LogP contribution in [0.2, 0.25) is 0 Å². The predicted molar refractivity (Wildman–Crippen MR) is 91.7 cm³/mol. The molecule has 0 saturated carbocycles. The number of unbranched alkanes of at least 4 members (excludes halogenated alkanes) is 1. The van der Waals surface area contributed by atoms with Gasteiger partial charge in [0.15, 0.2) is 0 Å². The summed E-state index contributed by atoms with van der Waals surface area (Å²) < 4.78 is 5.65. The molecule has 2 heteroatoms. The van der Waals surface area contributed by atoms with Crippen molar-refractivity contribution in [1.29, 1.82) is 0 Å². The summed E-state index contributed by atoms with van der Waals surface area (Å²) in [6.45, 7) is 15.1. The normalized spacial score (nSPS) is 13.1. The van der Waals surface area contributed by atoms with Crippen LogP contribution in [0.5, 0.6) is 0 Å². The quantitative estimate of drug-likeness (QED) is 0.527. The highest BCUT2D eigenvalue weighted by molar-refractivity contribution is 5.25. The van der Waals surface area contributed by atoms with Gasteiger partial charge in [0.1, 0.15) is 0 Å². The van der Waals surface area contributed by atoms with Crippen LogP contribution in [0.15, 0.2) is 36.9 Å². The van der Waals surface area contributed by atoms with E-state index < -0.39 is 0 Å². The molecule has 0 radical (unpaired) electrons. The van der Waals surface area contributed by atoms with Crippen molar-refractivity contribution in [2.45, 2.75) is 58.6 Å². The minimum atomic E-state index is 0.174. The van der Waals surface area contributed by atoms with Gasteiger partial charge < -0.3 is 10.1 Å². The molecular weight excluding hydrogens is 258 g/mol. The first-order valence-corrected chi connectivity index (χ1v) is 7.95. The van der Waals surface area contributed by atoms with Crippen LogP contribution in [0.3, 0.4) is 0 Å². The highest BCUT2D eigenvalue weighted by atomic mass is 16.5. The summed E-state index contributed by atoms with van der Waals surface area (Å²) >= 11 is 0. The SMILES string of the molecule is C=CCCCOCc1ccc(C(C)CNC(C)(C)C)cc1. The second-order valence-corrected chi connectivity index (χ2v) is 6.76. The van der Waals surface area contributed by atoms with E-state index in [2.05, 4.69) is 63.9 Å². The van der Waals surface area contributed by atoms with Crippen LogP contribution < -0.4 is 5.32 Å². The maximum Gasteiger partial charge on any atom is 0.0716 e. The molecular formula is C19H31NO. The summed E-state index contributed by atoms with van der Waals surface area (Å²) in [6, 6.07) is 8.79. The molecule has 0 spiro atoms. The molecule has 0 aliphatic heterocycles. The molecule has 1 N–H and O–H groups in total. The molecule has 0 aromatic heterocycles. The Morgan fingerprint density at radius 1 is 1.24 bits per heavy atom. The van der Waals surface area contributed by atoms with Crippen molar-refractivity contribution >= 4 is 0 Å². The fourth-order valence-electron chi connectivity index (χ4n) is 2.04. The van der Waals surface area contributed by atoms with E-state index in [1.807, 2.05) is 6.08 Å². The van der Waals surface area contributed by atoms with Crippen LogP contribution in [-0.2, 0) is 11.3 Å². The lowest BCUT2D eigenvalue weighted by molar-refractivity contribution is 0.119. The van der Waals surface area contributed by atoms with Crippen molar-refractivity contribution in [3.05, 3.63) is 48.0 Å². The molecule has 21 heavy (non-hydrogen) atoms. The molecule has 0 saturated heterocycles. The molecule has 1 aromatic rings. The van der Waals surface area contributed by atoms with Gasteiger partial charge in [0.25, 0.3) is 0 Å². The van der Waals surface area contributed by atoms with E-state index in [4.69, 9.17) is 4.74 Å². The van der Waals surface area contributed by atoms with Crippen LogP contribution in [-0.4, -0.2) is 18.7 Å². The monoisotopic (exact) mass is 289 g/mol. The third kappa shape index (κ3) is 8.03. The van der Waals surface area contributed by atoms with Crippen molar-refractivity contribution < 1.29 is 4.74 Å². The Morgan fingerprint density at radius 3 is 2.48 bits per heavy atom. The van der Waals surface area contributed by atoms with Gasteiger partial charge in [-0.3, -0.25) is 0 Å². The fourth-order valence-corrected chi connectivity index (χ4v) is 2.04. The van der Waals surface area contributed by atoms with Crippen LogP contribution in [0, 0.1) is 0 Å². The summed E-state index contributed by atoms with van der Waals surface area (Å²) in [5.74, 6) is 0.520. The van der Waals surface area contributed by atoms with E-state index in [0.717, 1.165) is 26.0 Å². The predicted octanol–water partition coefficient (Wildman–Crippen LogP) is 4.66. The first kappa shape index (κ1) is 17.9. The molecule has 0 aliphatic carbocycles. The van der Waals surface area contributed by atoms with E-state index in [1.54, 1.807) is 0 Å². The summed E-state index contributed by atoms with van der Waals surface area (Å²) in [5.41, 5.74) is 2.79. The maximum atomic E-state index is 5.65. The number of ether oxygens (including phenoxy) is 1. The number of allylic oxidation sites excluding steroid dienone is 1. The highest BCUT2D eigenvalue weighted by Gasteiger charge is 2.12. The zero-order valence-corrected chi connectivity index (χ0v) is 14.1. The van der Waals surface area contributed by atoms with E-state index in [9.17, 15) is 0 Å². The molecule has 1 atom stereocenters. The third-order valence-electron chi connectivity index (χ3n) is 3.45. The Balaban J connectivity index is 2.37. The first-order valence-electron chi connectivity index (χ1n) is 7.95. The van der Waals surface area contributed by atoms with Gasteiger partial charge in [-0.25, -0.2) is 0 Å². The number of hydrogen-bond donors (Lipinski definition) is 1. The minimum absolute atomic E-state index is 0.174. The third-order valence-corrected chi connectivity index (χ3v) is 3.45. The van der Waals surface area contributed by atoms with Crippen molar-refractivity contribution in [2.24, 2.45) is 0 Å². The van der Waals surface area contributed by atoms with Crippen LogP contribution in [0.4, 0.5) is 0 Å². The van der Waals surface area contributed by atoms with Gasteiger partial charge in [0.05, 0.1) is 6.61 Å². The lowest BCUT2D eigenvalue weighted by Gasteiger charge is -2.23.